The van der Waals surface area contributed by atoms with Crippen molar-refractivity contribution >= 4 is 28.8 Å². The first-order chi connectivity index (χ1) is 10.6. The molecule has 0 aliphatic carbocycles. The highest BCUT2D eigenvalue weighted by Gasteiger charge is 2.28. The van der Waals surface area contributed by atoms with E-state index in [0.717, 1.165) is 22.7 Å². The molecular weight excluding hydrogens is 320 g/mol. The van der Waals surface area contributed by atoms with E-state index < -0.39 is 0 Å². The Hall–Kier alpha value is -1.43. The van der Waals surface area contributed by atoms with Crippen LogP contribution in [0.5, 0.6) is 0 Å². The molecule has 1 fully saturated rings. The molecular formula is C16H17ClN2O2S. The van der Waals surface area contributed by atoms with Crippen LogP contribution in [0.2, 0.25) is 5.02 Å². The lowest BCUT2D eigenvalue weighted by molar-refractivity contribution is 0.0785. The number of likely N-dealkylation sites (tertiary alicyclic amines) is 1. The third kappa shape index (κ3) is 3.02. The summed E-state index contributed by atoms with van der Waals surface area (Å²) in [7, 11) is 0. The summed E-state index contributed by atoms with van der Waals surface area (Å²) in [5.41, 5.74) is 1.67. The maximum absolute atomic E-state index is 12.6. The molecule has 1 aliphatic rings. The average molecular weight is 337 g/mol. The third-order valence-electron chi connectivity index (χ3n) is 3.89. The van der Waals surface area contributed by atoms with Gasteiger partial charge in [-0.1, -0.05) is 23.7 Å². The van der Waals surface area contributed by atoms with Gasteiger partial charge in [-0.2, -0.15) is 0 Å². The van der Waals surface area contributed by atoms with Gasteiger partial charge < -0.3 is 10.0 Å². The molecule has 1 amide bonds. The van der Waals surface area contributed by atoms with E-state index >= 15 is 0 Å². The summed E-state index contributed by atoms with van der Waals surface area (Å²) in [6, 6.07) is 7.49. The molecule has 1 atom stereocenters. The minimum absolute atomic E-state index is 0.0132. The van der Waals surface area contributed by atoms with Crippen LogP contribution in [-0.2, 0) is 0 Å². The highest BCUT2D eigenvalue weighted by molar-refractivity contribution is 7.17. The third-order valence-corrected chi connectivity index (χ3v) is 5.32. The van der Waals surface area contributed by atoms with E-state index in [1.54, 1.807) is 0 Å². The topological polar surface area (TPSA) is 53.4 Å². The molecule has 1 aromatic carbocycles. The first kappa shape index (κ1) is 15.5. The molecule has 1 N–H and O–H groups in total. The lowest BCUT2D eigenvalue weighted by Crippen LogP contribution is -2.29. The van der Waals surface area contributed by atoms with Crippen LogP contribution in [0, 0.1) is 12.8 Å². The minimum atomic E-state index is 0.0132. The zero-order valence-corrected chi connectivity index (χ0v) is 13.8. The molecule has 1 aliphatic heterocycles. The van der Waals surface area contributed by atoms with Crippen LogP contribution in [-0.4, -0.2) is 40.6 Å². The van der Waals surface area contributed by atoms with E-state index in [-0.39, 0.29) is 18.4 Å². The molecule has 116 valence electrons. The van der Waals surface area contributed by atoms with Crippen molar-refractivity contribution in [3.05, 3.63) is 39.9 Å². The van der Waals surface area contributed by atoms with Crippen molar-refractivity contribution in [2.45, 2.75) is 13.3 Å². The van der Waals surface area contributed by atoms with Gasteiger partial charge in [-0.05, 0) is 25.5 Å². The van der Waals surface area contributed by atoms with Gasteiger partial charge in [-0.15, -0.1) is 11.3 Å². The number of amides is 1. The number of thiazole rings is 1. The number of hydrogen-bond donors (Lipinski definition) is 1. The Bertz CT molecular complexity index is 701. The Morgan fingerprint density at radius 2 is 2.36 bits per heavy atom. The summed E-state index contributed by atoms with van der Waals surface area (Å²) in [6.45, 7) is 3.32. The minimum Gasteiger partial charge on any atom is -0.396 e. The zero-order valence-electron chi connectivity index (χ0n) is 12.3. The molecule has 3 rings (SSSR count). The summed E-state index contributed by atoms with van der Waals surface area (Å²) < 4.78 is 0. The van der Waals surface area contributed by atoms with Crippen molar-refractivity contribution in [3.8, 4) is 10.6 Å². The first-order valence-electron chi connectivity index (χ1n) is 7.22. The van der Waals surface area contributed by atoms with Crippen molar-refractivity contribution in [2.24, 2.45) is 5.92 Å². The summed E-state index contributed by atoms with van der Waals surface area (Å²) >= 11 is 7.42. The van der Waals surface area contributed by atoms with Gasteiger partial charge >= 0.3 is 0 Å². The number of rotatable bonds is 3. The number of carbonyl (C=O) groups excluding carboxylic acids is 1. The Balaban J connectivity index is 1.85. The van der Waals surface area contributed by atoms with Gasteiger partial charge in [0.1, 0.15) is 9.88 Å². The monoisotopic (exact) mass is 336 g/mol. The first-order valence-corrected chi connectivity index (χ1v) is 8.41. The van der Waals surface area contributed by atoms with Gasteiger partial charge in [-0.3, -0.25) is 4.79 Å². The number of aliphatic hydroxyl groups excluding tert-OH is 1. The lowest BCUT2D eigenvalue weighted by Gasteiger charge is -2.15. The van der Waals surface area contributed by atoms with Gasteiger partial charge in [0.25, 0.3) is 5.91 Å². The van der Waals surface area contributed by atoms with Crippen LogP contribution in [0.4, 0.5) is 0 Å². The number of aliphatic hydroxyl groups is 1. The fourth-order valence-corrected chi connectivity index (χ4v) is 3.87. The van der Waals surface area contributed by atoms with Crippen molar-refractivity contribution in [2.75, 3.05) is 19.7 Å². The highest BCUT2D eigenvalue weighted by Crippen LogP contribution is 2.31. The zero-order chi connectivity index (χ0) is 15.7. The number of carbonyl (C=O) groups is 1. The molecule has 22 heavy (non-hydrogen) atoms. The SMILES string of the molecule is Cc1nc(-c2cccc(Cl)c2)sc1C(=O)N1CCC(CO)C1. The molecule has 1 unspecified atom stereocenters. The van der Waals surface area contributed by atoms with E-state index in [2.05, 4.69) is 4.98 Å². The maximum Gasteiger partial charge on any atom is 0.265 e. The normalized spacial score (nSPS) is 18.0. The predicted octanol–water partition coefficient (Wildman–Crippen LogP) is 3.23. The van der Waals surface area contributed by atoms with Crippen molar-refractivity contribution < 1.29 is 9.90 Å². The number of aromatic nitrogens is 1. The maximum atomic E-state index is 12.6. The van der Waals surface area contributed by atoms with Crippen LogP contribution in [0.15, 0.2) is 24.3 Å². The molecule has 4 nitrogen and oxygen atoms in total. The molecule has 1 saturated heterocycles. The summed E-state index contributed by atoms with van der Waals surface area (Å²) in [6.07, 6.45) is 0.862. The quantitative estimate of drug-likeness (QED) is 0.936. The predicted molar refractivity (Wildman–Crippen MR) is 88.4 cm³/mol. The van der Waals surface area contributed by atoms with E-state index in [4.69, 9.17) is 11.6 Å². The van der Waals surface area contributed by atoms with Crippen molar-refractivity contribution in [3.63, 3.8) is 0 Å². The average Bonchev–Trinajstić information content (AvgIpc) is 3.13. The number of aryl methyl sites for hydroxylation is 1. The Kier molecular flexibility index (Phi) is 4.47. The van der Waals surface area contributed by atoms with E-state index in [1.807, 2.05) is 36.1 Å². The number of halogens is 1. The highest BCUT2D eigenvalue weighted by atomic mass is 35.5. The fourth-order valence-electron chi connectivity index (χ4n) is 2.65. The van der Waals surface area contributed by atoms with E-state index in [0.29, 0.717) is 23.0 Å². The Morgan fingerprint density at radius 3 is 3.05 bits per heavy atom. The van der Waals surface area contributed by atoms with Gasteiger partial charge in [0, 0.05) is 36.2 Å². The second-order valence-corrected chi connectivity index (χ2v) is 6.97. The second-order valence-electron chi connectivity index (χ2n) is 5.53. The fraction of sp³-hybridized carbons (Fsp3) is 0.375. The largest absolute Gasteiger partial charge is 0.396 e. The summed E-state index contributed by atoms with van der Waals surface area (Å²) in [5, 5.41) is 10.7. The van der Waals surface area contributed by atoms with Crippen molar-refractivity contribution in [1.82, 2.24) is 9.88 Å². The smallest absolute Gasteiger partial charge is 0.265 e. The van der Waals surface area contributed by atoms with Crippen LogP contribution in [0.25, 0.3) is 10.6 Å². The summed E-state index contributed by atoms with van der Waals surface area (Å²) in [4.78, 5) is 19.6. The lowest BCUT2D eigenvalue weighted by atomic mass is 10.1. The molecule has 2 aromatic rings. The number of hydrogen-bond acceptors (Lipinski definition) is 4. The Morgan fingerprint density at radius 1 is 1.55 bits per heavy atom. The number of benzene rings is 1. The van der Waals surface area contributed by atoms with Crippen LogP contribution >= 0.6 is 22.9 Å². The molecule has 0 spiro atoms. The Labute approximate surface area is 138 Å². The van der Waals surface area contributed by atoms with Gasteiger partial charge in [-0.25, -0.2) is 4.98 Å². The van der Waals surface area contributed by atoms with Crippen LogP contribution in [0.3, 0.4) is 0 Å². The van der Waals surface area contributed by atoms with Crippen LogP contribution in [0.1, 0.15) is 21.8 Å². The van der Waals surface area contributed by atoms with E-state index in [1.165, 1.54) is 11.3 Å². The van der Waals surface area contributed by atoms with Crippen LogP contribution < -0.4 is 0 Å². The molecule has 0 saturated carbocycles. The molecule has 6 heteroatoms. The molecule has 1 aromatic heterocycles. The van der Waals surface area contributed by atoms with Gasteiger partial charge in [0.05, 0.1) is 5.69 Å². The number of nitrogens with zero attached hydrogens (tertiary/aromatic N) is 2. The summed E-state index contributed by atoms with van der Waals surface area (Å²) in [5.74, 6) is 0.212. The second kappa shape index (κ2) is 6.36. The van der Waals surface area contributed by atoms with E-state index in [9.17, 15) is 9.90 Å². The van der Waals surface area contributed by atoms with Gasteiger partial charge in [0.15, 0.2) is 0 Å². The molecule has 0 bridgehead atoms. The van der Waals surface area contributed by atoms with Gasteiger partial charge in [0.2, 0.25) is 0 Å². The van der Waals surface area contributed by atoms with Crippen molar-refractivity contribution in [1.29, 1.82) is 0 Å². The standard InChI is InChI=1S/C16H17ClN2O2S/c1-10-14(16(21)19-6-5-11(8-19)9-20)22-15(18-10)12-3-2-4-13(17)7-12/h2-4,7,11,20H,5-6,8-9H2,1H3. The molecule has 2 heterocycles. The molecule has 0 radical (unpaired) electrons.